The molecule has 0 aromatic heterocycles. The average Bonchev–Trinajstić information content (AvgIpc) is 2.30. The van der Waals surface area contributed by atoms with Crippen LogP contribution in [0.5, 0.6) is 0 Å². The predicted octanol–water partition coefficient (Wildman–Crippen LogP) is 2.59. The summed E-state index contributed by atoms with van der Waals surface area (Å²) in [7, 11) is 1.13. The van der Waals surface area contributed by atoms with Crippen molar-refractivity contribution in [1.29, 1.82) is 0 Å². The first-order chi connectivity index (χ1) is 8.77. The highest BCUT2D eigenvalue weighted by molar-refractivity contribution is 8.13. The van der Waals surface area contributed by atoms with Gasteiger partial charge in [-0.3, -0.25) is 4.79 Å². The Balaban J connectivity index is 3.15. The van der Waals surface area contributed by atoms with Gasteiger partial charge in [-0.1, -0.05) is 13.3 Å². The minimum absolute atomic E-state index is 0.0182. The van der Waals surface area contributed by atoms with Crippen LogP contribution in [-0.4, -0.2) is 20.9 Å². The second-order valence-electron chi connectivity index (χ2n) is 4.12. The summed E-state index contributed by atoms with van der Waals surface area (Å²) >= 11 is 0. The molecule has 0 aliphatic rings. The number of unbranched alkanes of at least 4 members (excludes halogenated alkanes) is 1. The van der Waals surface area contributed by atoms with Crippen molar-refractivity contribution >= 4 is 25.6 Å². The van der Waals surface area contributed by atoms with Gasteiger partial charge in [-0.2, -0.15) is 0 Å². The van der Waals surface area contributed by atoms with E-state index in [-0.39, 0.29) is 16.0 Å². The van der Waals surface area contributed by atoms with Crippen LogP contribution in [0.15, 0.2) is 17.0 Å². The lowest BCUT2D eigenvalue weighted by atomic mass is 10.1. The van der Waals surface area contributed by atoms with Gasteiger partial charge >= 0.3 is 0 Å². The largest absolute Gasteiger partial charge is 0.352 e. The summed E-state index contributed by atoms with van der Waals surface area (Å²) in [4.78, 5) is 11.5. The van der Waals surface area contributed by atoms with E-state index in [2.05, 4.69) is 5.32 Å². The molecule has 0 saturated heterocycles. The third-order valence-electron chi connectivity index (χ3n) is 2.65. The maximum atomic E-state index is 13.4. The van der Waals surface area contributed by atoms with Gasteiger partial charge in [0, 0.05) is 22.8 Å². The fourth-order valence-electron chi connectivity index (χ4n) is 1.62. The Morgan fingerprint density at radius 3 is 2.58 bits per heavy atom. The molecule has 19 heavy (non-hydrogen) atoms. The Morgan fingerprint density at radius 2 is 2.05 bits per heavy atom. The Labute approximate surface area is 116 Å². The number of hydrogen-bond acceptors (Lipinski definition) is 3. The molecule has 0 spiro atoms. The number of halogens is 2. The third kappa shape index (κ3) is 4.18. The smallest absolute Gasteiger partial charge is 0.261 e. The van der Waals surface area contributed by atoms with Crippen LogP contribution >= 0.6 is 10.7 Å². The highest BCUT2D eigenvalue weighted by atomic mass is 35.7. The van der Waals surface area contributed by atoms with E-state index in [1.54, 1.807) is 0 Å². The van der Waals surface area contributed by atoms with Crippen LogP contribution < -0.4 is 5.32 Å². The Bertz CT molecular complexity index is 587. The standard InChI is InChI=1S/C12H15ClFNO3S/c1-3-4-5-15-12(16)10-6-9(14)7-11(8(10)2)19(13,17)18/h6-7H,3-5H2,1-2H3,(H,15,16). The van der Waals surface area contributed by atoms with Gasteiger partial charge in [-0.15, -0.1) is 0 Å². The zero-order valence-electron chi connectivity index (χ0n) is 10.7. The van der Waals surface area contributed by atoms with Crippen LogP contribution in [0.25, 0.3) is 0 Å². The molecule has 4 nitrogen and oxygen atoms in total. The number of carbonyl (C=O) groups is 1. The molecular formula is C12H15ClFNO3S. The molecule has 0 unspecified atom stereocenters. The molecule has 0 aliphatic carbocycles. The summed E-state index contributed by atoms with van der Waals surface area (Å²) in [6.45, 7) is 3.84. The monoisotopic (exact) mass is 307 g/mol. The van der Waals surface area contributed by atoms with Crippen molar-refractivity contribution in [1.82, 2.24) is 5.32 Å². The Kier molecular flexibility index (Phi) is 5.31. The van der Waals surface area contributed by atoms with Crippen molar-refractivity contribution in [3.05, 3.63) is 29.1 Å². The highest BCUT2D eigenvalue weighted by Crippen LogP contribution is 2.24. The van der Waals surface area contributed by atoms with Gasteiger partial charge in [0.2, 0.25) is 0 Å². The van der Waals surface area contributed by atoms with E-state index in [0.29, 0.717) is 6.54 Å². The zero-order valence-corrected chi connectivity index (χ0v) is 12.2. The van der Waals surface area contributed by atoms with Crippen molar-refractivity contribution in [3.63, 3.8) is 0 Å². The minimum Gasteiger partial charge on any atom is -0.352 e. The van der Waals surface area contributed by atoms with Gasteiger partial charge in [0.25, 0.3) is 15.0 Å². The lowest BCUT2D eigenvalue weighted by molar-refractivity contribution is 0.0952. The zero-order chi connectivity index (χ0) is 14.6. The molecule has 1 amide bonds. The van der Waals surface area contributed by atoms with E-state index in [9.17, 15) is 17.6 Å². The number of hydrogen-bond donors (Lipinski definition) is 1. The number of nitrogens with one attached hydrogen (secondary N) is 1. The number of benzene rings is 1. The summed E-state index contributed by atoms with van der Waals surface area (Å²) < 4.78 is 36.0. The van der Waals surface area contributed by atoms with Crippen LogP contribution in [0.4, 0.5) is 4.39 Å². The maximum Gasteiger partial charge on any atom is 0.261 e. The van der Waals surface area contributed by atoms with E-state index in [1.807, 2.05) is 6.92 Å². The molecular weight excluding hydrogens is 293 g/mol. The SMILES string of the molecule is CCCCNC(=O)c1cc(F)cc(S(=O)(=O)Cl)c1C. The molecule has 1 aromatic rings. The molecule has 0 aliphatic heterocycles. The molecule has 0 bridgehead atoms. The molecule has 0 atom stereocenters. The van der Waals surface area contributed by atoms with Crippen molar-refractivity contribution in [2.75, 3.05) is 6.54 Å². The van der Waals surface area contributed by atoms with E-state index in [0.717, 1.165) is 25.0 Å². The first kappa shape index (κ1) is 15.9. The molecule has 106 valence electrons. The van der Waals surface area contributed by atoms with Gasteiger partial charge in [-0.05, 0) is 31.0 Å². The van der Waals surface area contributed by atoms with E-state index < -0.39 is 20.8 Å². The van der Waals surface area contributed by atoms with Crippen molar-refractivity contribution in [3.8, 4) is 0 Å². The Morgan fingerprint density at radius 1 is 1.42 bits per heavy atom. The highest BCUT2D eigenvalue weighted by Gasteiger charge is 2.20. The normalized spacial score (nSPS) is 11.4. The summed E-state index contributed by atoms with van der Waals surface area (Å²) in [6.07, 6.45) is 1.70. The van der Waals surface area contributed by atoms with Crippen molar-refractivity contribution in [2.24, 2.45) is 0 Å². The van der Waals surface area contributed by atoms with Crippen LogP contribution in [-0.2, 0) is 9.05 Å². The molecule has 1 N–H and O–H groups in total. The Hall–Kier alpha value is -1.14. The summed E-state index contributed by atoms with van der Waals surface area (Å²) in [6, 6.07) is 1.81. The minimum atomic E-state index is -4.08. The van der Waals surface area contributed by atoms with Crippen LogP contribution in [0.1, 0.15) is 35.7 Å². The second-order valence-corrected chi connectivity index (χ2v) is 6.66. The lowest BCUT2D eigenvalue weighted by Gasteiger charge is -2.10. The van der Waals surface area contributed by atoms with E-state index in [1.165, 1.54) is 6.92 Å². The first-order valence-electron chi connectivity index (χ1n) is 5.80. The number of carbonyl (C=O) groups excluding carboxylic acids is 1. The topological polar surface area (TPSA) is 63.2 Å². The van der Waals surface area contributed by atoms with Crippen molar-refractivity contribution < 1.29 is 17.6 Å². The fraction of sp³-hybridized carbons (Fsp3) is 0.417. The lowest BCUT2D eigenvalue weighted by Crippen LogP contribution is -2.25. The van der Waals surface area contributed by atoms with Crippen LogP contribution in [0, 0.1) is 12.7 Å². The van der Waals surface area contributed by atoms with Crippen LogP contribution in [0.2, 0.25) is 0 Å². The summed E-state index contributed by atoms with van der Waals surface area (Å²) in [5.41, 5.74) is 0.126. The molecule has 0 radical (unpaired) electrons. The average molecular weight is 308 g/mol. The molecule has 1 aromatic carbocycles. The quantitative estimate of drug-likeness (QED) is 0.672. The second kappa shape index (κ2) is 6.34. The molecule has 7 heteroatoms. The van der Waals surface area contributed by atoms with E-state index >= 15 is 0 Å². The summed E-state index contributed by atoms with van der Waals surface area (Å²) in [5, 5.41) is 2.60. The molecule has 0 heterocycles. The van der Waals surface area contributed by atoms with Gasteiger partial charge in [0.05, 0.1) is 4.90 Å². The third-order valence-corrected chi connectivity index (χ3v) is 4.10. The van der Waals surface area contributed by atoms with Gasteiger partial charge in [-0.25, -0.2) is 12.8 Å². The number of amides is 1. The van der Waals surface area contributed by atoms with Crippen LogP contribution in [0.3, 0.4) is 0 Å². The maximum absolute atomic E-state index is 13.4. The van der Waals surface area contributed by atoms with Gasteiger partial charge < -0.3 is 5.32 Å². The number of rotatable bonds is 5. The van der Waals surface area contributed by atoms with Gasteiger partial charge in [0.1, 0.15) is 5.82 Å². The van der Waals surface area contributed by atoms with Crippen molar-refractivity contribution in [2.45, 2.75) is 31.6 Å². The molecule has 1 rings (SSSR count). The molecule has 0 fully saturated rings. The first-order valence-corrected chi connectivity index (χ1v) is 8.11. The fourth-order valence-corrected chi connectivity index (χ4v) is 2.83. The molecule has 0 saturated carbocycles. The predicted molar refractivity (Wildman–Crippen MR) is 71.4 cm³/mol. The summed E-state index contributed by atoms with van der Waals surface area (Å²) in [5.74, 6) is -1.32. The van der Waals surface area contributed by atoms with E-state index in [4.69, 9.17) is 10.7 Å². The van der Waals surface area contributed by atoms with Gasteiger partial charge in [0.15, 0.2) is 0 Å².